The second kappa shape index (κ2) is 6.30. The Hall–Kier alpha value is -2.30. The first-order chi connectivity index (χ1) is 11.1. The fraction of sp³-hybridized carbons (Fsp3) is 0.308. The molecule has 0 aliphatic heterocycles. The summed E-state index contributed by atoms with van der Waals surface area (Å²) in [4.78, 5) is -0.768. The molecule has 0 saturated heterocycles. The van der Waals surface area contributed by atoms with Gasteiger partial charge in [0.25, 0.3) is 10.0 Å². The van der Waals surface area contributed by atoms with Gasteiger partial charge in [-0.1, -0.05) is 12.1 Å². The lowest BCUT2D eigenvalue weighted by Gasteiger charge is -2.09. The van der Waals surface area contributed by atoms with Crippen molar-refractivity contribution in [3.05, 3.63) is 35.3 Å². The summed E-state index contributed by atoms with van der Waals surface area (Å²) in [7, 11) is -3.25. The number of anilines is 1. The van der Waals surface area contributed by atoms with Crippen molar-refractivity contribution in [2.45, 2.75) is 24.4 Å². The number of nitrogens with one attached hydrogen (secondary N) is 1. The fourth-order valence-electron chi connectivity index (χ4n) is 1.94. The van der Waals surface area contributed by atoms with E-state index in [2.05, 4.69) is 9.68 Å². The summed E-state index contributed by atoms with van der Waals surface area (Å²) in [6.07, 6.45) is -4.99. The maximum atomic E-state index is 13.9. The van der Waals surface area contributed by atoms with Crippen LogP contribution in [0.1, 0.15) is 18.2 Å². The number of nitrogens with zero attached hydrogens (tertiary/aromatic N) is 1. The molecule has 1 N–H and O–H groups in total. The Morgan fingerprint density at radius 1 is 1.33 bits per heavy atom. The standard InChI is InChI=1S/C13H12F4N2O4S/c1-3-8-11(13(15,16)17)18-23-12(8)19-24(20,21)10-5-4-7(22-2)6-9(10)14/h4-6,19H,3H2,1-2H3. The molecular formula is C13H12F4N2O4S. The Morgan fingerprint density at radius 3 is 2.50 bits per heavy atom. The molecule has 0 fully saturated rings. The Morgan fingerprint density at radius 2 is 2.00 bits per heavy atom. The topological polar surface area (TPSA) is 81.4 Å². The molecular weight excluding hydrogens is 356 g/mol. The number of methoxy groups -OCH3 is 1. The maximum Gasteiger partial charge on any atom is 0.437 e. The van der Waals surface area contributed by atoms with Gasteiger partial charge in [0.1, 0.15) is 16.5 Å². The third-order valence-corrected chi connectivity index (χ3v) is 4.43. The van der Waals surface area contributed by atoms with E-state index >= 15 is 0 Å². The van der Waals surface area contributed by atoms with Crippen LogP contribution in [0.15, 0.2) is 27.6 Å². The largest absolute Gasteiger partial charge is 0.497 e. The monoisotopic (exact) mass is 368 g/mol. The predicted octanol–water partition coefficient (Wildman–Crippen LogP) is 3.20. The third-order valence-electron chi connectivity index (χ3n) is 3.07. The smallest absolute Gasteiger partial charge is 0.437 e. The number of hydrogen-bond donors (Lipinski definition) is 1. The summed E-state index contributed by atoms with van der Waals surface area (Å²) in [5.74, 6) is -1.75. The van der Waals surface area contributed by atoms with E-state index in [4.69, 9.17) is 4.74 Å². The van der Waals surface area contributed by atoms with E-state index in [0.29, 0.717) is 0 Å². The Bertz CT molecular complexity index is 846. The maximum absolute atomic E-state index is 13.9. The third kappa shape index (κ3) is 3.45. The summed E-state index contributed by atoms with van der Waals surface area (Å²) < 4.78 is 87.6. The van der Waals surface area contributed by atoms with Crippen molar-refractivity contribution in [3.8, 4) is 5.75 Å². The molecule has 2 rings (SSSR count). The van der Waals surface area contributed by atoms with Crippen molar-refractivity contribution in [2.24, 2.45) is 0 Å². The van der Waals surface area contributed by atoms with Crippen LogP contribution in [0.2, 0.25) is 0 Å². The lowest BCUT2D eigenvalue weighted by atomic mass is 10.2. The molecule has 24 heavy (non-hydrogen) atoms. The average Bonchev–Trinajstić information content (AvgIpc) is 2.88. The first-order valence-corrected chi connectivity index (χ1v) is 8.00. The highest BCUT2D eigenvalue weighted by atomic mass is 32.2. The number of hydrogen-bond acceptors (Lipinski definition) is 5. The Labute approximate surface area is 134 Å². The zero-order valence-corrected chi connectivity index (χ0v) is 13.3. The van der Waals surface area contributed by atoms with Crippen molar-refractivity contribution >= 4 is 15.9 Å². The van der Waals surface area contributed by atoms with Crippen LogP contribution in [0.5, 0.6) is 5.75 Å². The molecule has 0 spiro atoms. The van der Waals surface area contributed by atoms with Crippen molar-refractivity contribution in [2.75, 3.05) is 11.8 Å². The molecule has 0 atom stereocenters. The predicted molar refractivity (Wildman–Crippen MR) is 74.6 cm³/mol. The first-order valence-electron chi connectivity index (χ1n) is 6.52. The van der Waals surface area contributed by atoms with Crippen LogP contribution >= 0.6 is 0 Å². The number of benzene rings is 1. The summed E-state index contributed by atoms with van der Waals surface area (Å²) in [6.45, 7) is 1.37. The minimum atomic E-state index is -4.80. The Balaban J connectivity index is 2.42. The molecule has 6 nitrogen and oxygen atoms in total. The van der Waals surface area contributed by atoms with Gasteiger partial charge in [-0.05, 0) is 18.6 Å². The van der Waals surface area contributed by atoms with Crippen LogP contribution in [-0.2, 0) is 22.6 Å². The summed E-state index contributed by atoms with van der Waals surface area (Å²) in [5, 5.41) is 2.85. The molecule has 0 saturated carbocycles. The minimum absolute atomic E-state index is 0.0831. The lowest BCUT2D eigenvalue weighted by molar-refractivity contribution is -0.143. The molecule has 0 amide bonds. The van der Waals surface area contributed by atoms with Crippen molar-refractivity contribution < 1.29 is 35.2 Å². The summed E-state index contributed by atoms with van der Waals surface area (Å²) in [5.41, 5.74) is -1.81. The van der Waals surface area contributed by atoms with Gasteiger partial charge in [0.2, 0.25) is 5.88 Å². The molecule has 1 aromatic heterocycles. The molecule has 1 heterocycles. The zero-order valence-electron chi connectivity index (χ0n) is 12.4. The molecule has 0 aliphatic rings. The number of alkyl halides is 3. The van der Waals surface area contributed by atoms with Gasteiger partial charge < -0.3 is 9.26 Å². The molecule has 1 aromatic carbocycles. The van der Waals surface area contributed by atoms with Gasteiger partial charge >= 0.3 is 6.18 Å². The van der Waals surface area contributed by atoms with Gasteiger partial charge in [-0.2, -0.15) is 13.2 Å². The Kier molecular flexibility index (Phi) is 4.74. The SMILES string of the molecule is CCc1c(C(F)(F)F)noc1NS(=O)(=O)c1ccc(OC)cc1F. The number of halogens is 4. The van der Waals surface area contributed by atoms with Crippen molar-refractivity contribution in [1.82, 2.24) is 5.16 Å². The van der Waals surface area contributed by atoms with Gasteiger partial charge in [-0.3, -0.25) is 0 Å². The first kappa shape index (κ1) is 18.0. The quantitative estimate of drug-likeness (QED) is 0.820. The normalized spacial score (nSPS) is 12.2. The molecule has 0 unspecified atom stereocenters. The highest BCUT2D eigenvalue weighted by molar-refractivity contribution is 7.92. The zero-order chi connectivity index (χ0) is 18.1. The van der Waals surface area contributed by atoms with E-state index in [1.165, 1.54) is 20.1 Å². The van der Waals surface area contributed by atoms with Gasteiger partial charge in [-0.15, -0.1) is 0 Å². The van der Waals surface area contributed by atoms with Crippen molar-refractivity contribution in [3.63, 3.8) is 0 Å². The number of sulfonamides is 1. The molecule has 11 heteroatoms. The van der Waals surface area contributed by atoms with Gasteiger partial charge in [0.05, 0.1) is 7.11 Å². The summed E-state index contributed by atoms with van der Waals surface area (Å²) >= 11 is 0. The van der Waals surface area contributed by atoms with Gasteiger partial charge in [0.15, 0.2) is 5.69 Å². The highest BCUT2D eigenvalue weighted by Crippen LogP contribution is 2.35. The number of aromatic nitrogens is 1. The molecule has 2 aromatic rings. The van der Waals surface area contributed by atoms with Gasteiger partial charge in [-0.25, -0.2) is 17.5 Å². The fourth-order valence-corrected chi connectivity index (χ4v) is 3.02. The van der Waals surface area contributed by atoms with Crippen LogP contribution in [0.3, 0.4) is 0 Å². The summed E-state index contributed by atoms with van der Waals surface area (Å²) in [6, 6.07) is 2.94. The van der Waals surface area contributed by atoms with E-state index < -0.39 is 44.1 Å². The van der Waals surface area contributed by atoms with Crippen LogP contribution in [0.25, 0.3) is 0 Å². The molecule has 132 valence electrons. The second-order valence-corrected chi connectivity index (χ2v) is 6.24. The molecule has 0 aliphatic carbocycles. The lowest BCUT2D eigenvalue weighted by Crippen LogP contribution is -2.16. The van der Waals surface area contributed by atoms with E-state index in [1.54, 1.807) is 4.72 Å². The van der Waals surface area contributed by atoms with E-state index in [0.717, 1.165) is 12.1 Å². The van der Waals surface area contributed by atoms with E-state index in [1.807, 2.05) is 0 Å². The van der Waals surface area contributed by atoms with Crippen LogP contribution in [-0.4, -0.2) is 20.7 Å². The molecule has 0 radical (unpaired) electrons. The van der Waals surface area contributed by atoms with E-state index in [-0.39, 0.29) is 12.2 Å². The average molecular weight is 368 g/mol. The number of ether oxygens (including phenoxy) is 1. The van der Waals surface area contributed by atoms with Crippen LogP contribution in [0.4, 0.5) is 23.4 Å². The minimum Gasteiger partial charge on any atom is -0.497 e. The highest BCUT2D eigenvalue weighted by Gasteiger charge is 2.39. The van der Waals surface area contributed by atoms with Crippen LogP contribution < -0.4 is 9.46 Å². The van der Waals surface area contributed by atoms with Crippen LogP contribution in [0, 0.1) is 5.82 Å². The molecule has 0 bridgehead atoms. The number of rotatable bonds is 5. The van der Waals surface area contributed by atoms with Gasteiger partial charge in [0, 0.05) is 11.6 Å². The van der Waals surface area contributed by atoms with E-state index in [9.17, 15) is 26.0 Å². The van der Waals surface area contributed by atoms with Crippen molar-refractivity contribution in [1.29, 1.82) is 0 Å². The second-order valence-electron chi connectivity index (χ2n) is 4.59.